The lowest BCUT2D eigenvalue weighted by Crippen LogP contribution is -2.34. The van der Waals surface area contributed by atoms with Gasteiger partial charge in [-0.05, 0) is 79.8 Å². The van der Waals surface area contributed by atoms with Crippen LogP contribution in [0.4, 0.5) is 16.2 Å². The number of carbonyl (C=O) groups is 2. The molecule has 0 fully saturated rings. The minimum absolute atomic E-state index is 0.177. The van der Waals surface area contributed by atoms with Crippen LogP contribution in [0.15, 0.2) is 72.8 Å². The van der Waals surface area contributed by atoms with Crippen LogP contribution in [0.25, 0.3) is 11.1 Å². The summed E-state index contributed by atoms with van der Waals surface area (Å²) >= 11 is 0. The molecule has 3 aromatic carbocycles. The van der Waals surface area contributed by atoms with Gasteiger partial charge in [0.1, 0.15) is 5.75 Å². The number of hydrogen-bond acceptors (Lipinski definition) is 4. The first-order valence-electron chi connectivity index (χ1n) is 12.7. The van der Waals surface area contributed by atoms with E-state index in [1.807, 2.05) is 86.6 Å². The maximum Gasteiger partial charge on any atom is 0.326 e. The minimum atomic E-state index is -0.191. The molecule has 0 bridgehead atoms. The summed E-state index contributed by atoms with van der Waals surface area (Å²) in [5.41, 5.74) is 4.68. The zero-order chi connectivity index (χ0) is 25.8. The molecular formula is C30H36N2O4. The molecule has 0 unspecified atom stereocenters. The number of rotatable bonds is 12. The largest absolute Gasteiger partial charge is 0.494 e. The molecule has 0 atom stereocenters. The third-order valence-electron chi connectivity index (χ3n) is 5.80. The number of unbranched alkanes of at least 4 members (excludes halogenated alkanes) is 1. The van der Waals surface area contributed by atoms with E-state index in [-0.39, 0.29) is 12.0 Å². The lowest BCUT2D eigenvalue weighted by atomic mass is 10.0. The fourth-order valence-corrected chi connectivity index (χ4v) is 3.80. The van der Waals surface area contributed by atoms with E-state index in [2.05, 4.69) is 12.2 Å². The lowest BCUT2D eigenvalue weighted by Gasteiger charge is -2.22. The van der Waals surface area contributed by atoms with Crippen LogP contribution >= 0.6 is 0 Å². The van der Waals surface area contributed by atoms with E-state index in [1.165, 1.54) is 0 Å². The van der Waals surface area contributed by atoms with Gasteiger partial charge in [-0.3, -0.25) is 9.69 Å². The lowest BCUT2D eigenvalue weighted by molar-refractivity contribution is -0.143. The number of urea groups is 1. The Bertz CT molecular complexity index is 1110. The third kappa shape index (κ3) is 7.87. The van der Waals surface area contributed by atoms with Gasteiger partial charge in [0.05, 0.1) is 13.2 Å². The Kier molecular flexibility index (Phi) is 10.4. The molecule has 6 heteroatoms. The van der Waals surface area contributed by atoms with Crippen LogP contribution in [0.3, 0.4) is 0 Å². The van der Waals surface area contributed by atoms with Crippen LogP contribution in [0.5, 0.6) is 5.75 Å². The first kappa shape index (κ1) is 26.8. The van der Waals surface area contributed by atoms with Gasteiger partial charge < -0.3 is 14.8 Å². The summed E-state index contributed by atoms with van der Waals surface area (Å²) in [5.74, 6) is 0.622. The Labute approximate surface area is 214 Å². The number of nitrogens with one attached hydrogen (secondary N) is 1. The second-order valence-electron chi connectivity index (χ2n) is 8.45. The first-order valence-corrected chi connectivity index (χ1v) is 12.7. The molecule has 0 aliphatic rings. The average molecular weight is 489 g/mol. The SMILES string of the molecule is CCCCOc1ccc(NC(=O)N(CC)c2cccc(-c3ccc(CCC(=O)OCC)cc3)c2)cc1. The molecule has 3 aromatic rings. The number of anilines is 2. The van der Waals surface area contributed by atoms with Gasteiger partial charge in [0, 0.05) is 24.3 Å². The monoisotopic (exact) mass is 488 g/mol. The normalized spacial score (nSPS) is 10.5. The molecular weight excluding hydrogens is 452 g/mol. The van der Waals surface area contributed by atoms with Crippen LogP contribution in [0.1, 0.15) is 45.6 Å². The van der Waals surface area contributed by atoms with Crippen molar-refractivity contribution in [3.63, 3.8) is 0 Å². The molecule has 0 saturated carbocycles. The van der Waals surface area contributed by atoms with Crippen molar-refractivity contribution < 1.29 is 19.1 Å². The van der Waals surface area contributed by atoms with E-state index in [1.54, 1.807) is 4.90 Å². The van der Waals surface area contributed by atoms with Gasteiger partial charge in [-0.2, -0.15) is 0 Å². The van der Waals surface area contributed by atoms with Gasteiger partial charge in [-0.15, -0.1) is 0 Å². The number of aryl methyl sites for hydroxylation is 1. The zero-order valence-electron chi connectivity index (χ0n) is 21.5. The molecule has 0 aliphatic carbocycles. The Balaban J connectivity index is 1.64. The van der Waals surface area contributed by atoms with Gasteiger partial charge in [0.2, 0.25) is 0 Å². The van der Waals surface area contributed by atoms with E-state index >= 15 is 0 Å². The van der Waals surface area contributed by atoms with Crippen molar-refractivity contribution in [2.24, 2.45) is 0 Å². The third-order valence-corrected chi connectivity index (χ3v) is 5.80. The predicted octanol–water partition coefficient (Wildman–Crippen LogP) is 7.09. The van der Waals surface area contributed by atoms with Gasteiger partial charge in [0.15, 0.2) is 0 Å². The maximum absolute atomic E-state index is 13.1. The molecule has 0 aliphatic heterocycles. The molecule has 6 nitrogen and oxygen atoms in total. The van der Waals surface area contributed by atoms with Crippen molar-refractivity contribution in [1.82, 2.24) is 0 Å². The fraction of sp³-hybridized carbons (Fsp3) is 0.333. The predicted molar refractivity (Wildman–Crippen MR) is 146 cm³/mol. The summed E-state index contributed by atoms with van der Waals surface area (Å²) < 4.78 is 10.7. The van der Waals surface area contributed by atoms with Crippen molar-refractivity contribution >= 4 is 23.4 Å². The number of benzene rings is 3. The Morgan fingerprint density at radius 3 is 2.31 bits per heavy atom. The van der Waals surface area contributed by atoms with Crippen molar-refractivity contribution in [2.75, 3.05) is 30.0 Å². The van der Waals surface area contributed by atoms with Gasteiger partial charge >= 0.3 is 12.0 Å². The van der Waals surface area contributed by atoms with Crippen molar-refractivity contribution in [1.29, 1.82) is 0 Å². The molecule has 3 rings (SSSR count). The highest BCUT2D eigenvalue weighted by Gasteiger charge is 2.15. The van der Waals surface area contributed by atoms with E-state index in [9.17, 15) is 9.59 Å². The Morgan fingerprint density at radius 1 is 0.889 bits per heavy atom. The van der Waals surface area contributed by atoms with E-state index < -0.39 is 0 Å². The van der Waals surface area contributed by atoms with Crippen LogP contribution in [-0.2, 0) is 16.0 Å². The van der Waals surface area contributed by atoms with Crippen LogP contribution < -0.4 is 15.0 Å². The summed E-state index contributed by atoms with van der Waals surface area (Å²) in [6, 6.07) is 23.3. The number of amides is 2. The van der Waals surface area contributed by atoms with E-state index in [0.29, 0.717) is 32.6 Å². The van der Waals surface area contributed by atoms with Crippen molar-refractivity contribution in [2.45, 2.75) is 46.5 Å². The topological polar surface area (TPSA) is 67.9 Å². The minimum Gasteiger partial charge on any atom is -0.494 e. The number of esters is 1. The summed E-state index contributed by atoms with van der Waals surface area (Å²) in [6.07, 6.45) is 3.12. The molecule has 0 radical (unpaired) electrons. The molecule has 1 N–H and O–H groups in total. The first-order chi connectivity index (χ1) is 17.5. The zero-order valence-corrected chi connectivity index (χ0v) is 21.5. The standard InChI is InChI=1S/C30H36N2O4/c1-4-7-21-36-28-18-16-26(17-19-28)31-30(34)32(5-2)27-10-8-9-25(22-27)24-14-11-23(12-15-24)13-20-29(33)35-6-3/h8-12,14-19,22H,4-7,13,20-21H2,1-3H3,(H,31,34). The highest BCUT2D eigenvalue weighted by molar-refractivity contribution is 6.02. The van der Waals surface area contributed by atoms with Gasteiger partial charge in [-0.1, -0.05) is 49.7 Å². The molecule has 0 heterocycles. The summed E-state index contributed by atoms with van der Waals surface area (Å²) in [4.78, 5) is 26.4. The van der Waals surface area contributed by atoms with E-state index in [0.717, 1.165) is 46.7 Å². The van der Waals surface area contributed by atoms with Crippen LogP contribution in [0, 0.1) is 0 Å². The maximum atomic E-state index is 13.1. The Hall–Kier alpha value is -3.80. The quantitative estimate of drug-likeness (QED) is 0.218. The number of hydrogen-bond donors (Lipinski definition) is 1. The van der Waals surface area contributed by atoms with Gasteiger partial charge in [-0.25, -0.2) is 4.79 Å². The second kappa shape index (κ2) is 13.9. The molecule has 0 spiro atoms. The molecule has 2 amide bonds. The van der Waals surface area contributed by atoms with Crippen molar-refractivity contribution in [3.05, 3.63) is 78.4 Å². The number of carbonyl (C=O) groups excluding carboxylic acids is 2. The van der Waals surface area contributed by atoms with Crippen LogP contribution in [0.2, 0.25) is 0 Å². The summed E-state index contributed by atoms with van der Waals surface area (Å²) in [7, 11) is 0. The van der Waals surface area contributed by atoms with Crippen molar-refractivity contribution in [3.8, 4) is 16.9 Å². The fourth-order valence-electron chi connectivity index (χ4n) is 3.80. The van der Waals surface area contributed by atoms with Gasteiger partial charge in [0.25, 0.3) is 0 Å². The second-order valence-corrected chi connectivity index (χ2v) is 8.45. The molecule has 0 aromatic heterocycles. The number of nitrogens with zero attached hydrogens (tertiary/aromatic N) is 1. The smallest absolute Gasteiger partial charge is 0.326 e. The number of ether oxygens (including phenoxy) is 2. The Morgan fingerprint density at radius 2 is 1.64 bits per heavy atom. The average Bonchev–Trinajstić information content (AvgIpc) is 2.90. The highest BCUT2D eigenvalue weighted by atomic mass is 16.5. The molecule has 190 valence electrons. The molecule has 36 heavy (non-hydrogen) atoms. The van der Waals surface area contributed by atoms with E-state index in [4.69, 9.17) is 9.47 Å². The molecule has 0 saturated heterocycles. The highest BCUT2D eigenvalue weighted by Crippen LogP contribution is 2.26. The summed E-state index contributed by atoms with van der Waals surface area (Å²) in [6.45, 7) is 7.52. The van der Waals surface area contributed by atoms with Crippen LogP contribution in [-0.4, -0.2) is 31.8 Å². The summed E-state index contributed by atoms with van der Waals surface area (Å²) in [5, 5.41) is 2.98.